The number of hydrogen-bond acceptors (Lipinski definition) is 0. The molecule has 96 valence electrons. The molecule has 1 unspecified atom stereocenters. The standard InChI is InChI=1S/C17H28/c1-3-8-14-12-13-17(16(14)9-4-2)15-10-6-5-7-11-15/h12-15H,3-11H2,1-2H3. The number of allylic oxidation sites excluding steroid dienone is 4. The van der Waals surface area contributed by atoms with Gasteiger partial charge in [0, 0.05) is 0 Å². The van der Waals surface area contributed by atoms with Crippen molar-refractivity contribution in [3.05, 3.63) is 23.3 Å². The summed E-state index contributed by atoms with van der Waals surface area (Å²) < 4.78 is 0. The number of rotatable bonds is 5. The van der Waals surface area contributed by atoms with Crippen LogP contribution in [0.2, 0.25) is 0 Å². The van der Waals surface area contributed by atoms with Crippen LogP contribution in [0, 0.1) is 11.8 Å². The third kappa shape index (κ3) is 3.03. The zero-order valence-corrected chi connectivity index (χ0v) is 11.7. The summed E-state index contributed by atoms with van der Waals surface area (Å²) in [5, 5.41) is 0. The van der Waals surface area contributed by atoms with E-state index < -0.39 is 0 Å². The van der Waals surface area contributed by atoms with Crippen molar-refractivity contribution >= 4 is 0 Å². The first kappa shape index (κ1) is 12.9. The second-order valence-electron chi connectivity index (χ2n) is 5.82. The maximum atomic E-state index is 2.50. The van der Waals surface area contributed by atoms with Gasteiger partial charge in [0.15, 0.2) is 0 Å². The third-order valence-corrected chi connectivity index (χ3v) is 4.49. The topological polar surface area (TPSA) is 0 Å². The first-order chi connectivity index (χ1) is 8.36. The molecule has 0 aromatic heterocycles. The molecule has 1 saturated carbocycles. The van der Waals surface area contributed by atoms with Crippen LogP contribution in [0.15, 0.2) is 23.3 Å². The summed E-state index contributed by atoms with van der Waals surface area (Å²) >= 11 is 0. The molecule has 2 rings (SSSR count). The van der Waals surface area contributed by atoms with Gasteiger partial charge in [-0.05, 0) is 43.1 Å². The smallest absolute Gasteiger partial charge is 0.00142 e. The van der Waals surface area contributed by atoms with Gasteiger partial charge in [-0.1, -0.05) is 63.7 Å². The second-order valence-corrected chi connectivity index (χ2v) is 5.82. The molecule has 2 aliphatic carbocycles. The lowest BCUT2D eigenvalue weighted by Crippen LogP contribution is -2.10. The molecule has 2 aliphatic rings. The van der Waals surface area contributed by atoms with Gasteiger partial charge in [-0.25, -0.2) is 0 Å². The van der Waals surface area contributed by atoms with Gasteiger partial charge in [0.25, 0.3) is 0 Å². The fourth-order valence-corrected chi connectivity index (χ4v) is 3.65. The minimum atomic E-state index is 0.789. The SMILES string of the molecule is CCCC1=C(C2CCCCC2)C=CC1CCC. The second kappa shape index (κ2) is 6.42. The zero-order valence-electron chi connectivity index (χ0n) is 11.7. The maximum Gasteiger partial charge on any atom is -0.00142 e. The van der Waals surface area contributed by atoms with Gasteiger partial charge in [-0.2, -0.15) is 0 Å². The van der Waals surface area contributed by atoms with Crippen LogP contribution in [0.4, 0.5) is 0 Å². The van der Waals surface area contributed by atoms with Crippen LogP contribution < -0.4 is 0 Å². The van der Waals surface area contributed by atoms with Gasteiger partial charge in [-0.3, -0.25) is 0 Å². The van der Waals surface area contributed by atoms with Crippen molar-refractivity contribution in [2.75, 3.05) is 0 Å². The fourth-order valence-electron chi connectivity index (χ4n) is 3.65. The maximum absolute atomic E-state index is 2.50. The molecule has 0 heterocycles. The highest BCUT2D eigenvalue weighted by atomic mass is 14.3. The molecular weight excluding hydrogens is 204 g/mol. The number of hydrogen-bond donors (Lipinski definition) is 0. The Hall–Kier alpha value is -0.520. The van der Waals surface area contributed by atoms with Gasteiger partial charge in [-0.15, -0.1) is 0 Å². The summed E-state index contributed by atoms with van der Waals surface area (Å²) in [6.45, 7) is 4.64. The van der Waals surface area contributed by atoms with Crippen LogP contribution in [-0.4, -0.2) is 0 Å². The summed E-state index contributed by atoms with van der Waals surface area (Å²) in [5.74, 6) is 1.69. The lowest BCUT2D eigenvalue weighted by atomic mass is 9.80. The van der Waals surface area contributed by atoms with Crippen molar-refractivity contribution in [1.29, 1.82) is 0 Å². The van der Waals surface area contributed by atoms with Crippen LogP contribution in [0.3, 0.4) is 0 Å². The average molecular weight is 232 g/mol. The van der Waals surface area contributed by atoms with Gasteiger partial charge in [0.05, 0.1) is 0 Å². The van der Waals surface area contributed by atoms with Crippen LogP contribution in [0.5, 0.6) is 0 Å². The molecule has 0 saturated heterocycles. The Labute approximate surface area is 107 Å². The molecule has 0 spiro atoms. The lowest BCUT2D eigenvalue weighted by molar-refractivity contribution is 0.404. The quantitative estimate of drug-likeness (QED) is 0.574. The summed E-state index contributed by atoms with van der Waals surface area (Å²) in [7, 11) is 0. The molecule has 0 aromatic carbocycles. The van der Waals surface area contributed by atoms with Crippen molar-refractivity contribution in [2.45, 2.75) is 71.6 Å². The van der Waals surface area contributed by atoms with Gasteiger partial charge >= 0.3 is 0 Å². The molecule has 0 nitrogen and oxygen atoms in total. The van der Waals surface area contributed by atoms with Crippen LogP contribution in [0.1, 0.15) is 71.6 Å². The first-order valence-electron chi connectivity index (χ1n) is 7.78. The van der Waals surface area contributed by atoms with E-state index >= 15 is 0 Å². The van der Waals surface area contributed by atoms with E-state index in [0.29, 0.717) is 0 Å². The van der Waals surface area contributed by atoms with Crippen LogP contribution in [-0.2, 0) is 0 Å². The molecule has 0 radical (unpaired) electrons. The molecule has 17 heavy (non-hydrogen) atoms. The van der Waals surface area contributed by atoms with E-state index in [-0.39, 0.29) is 0 Å². The van der Waals surface area contributed by atoms with Gasteiger partial charge in [0.2, 0.25) is 0 Å². The molecule has 0 bridgehead atoms. The predicted molar refractivity (Wildman–Crippen MR) is 76.0 cm³/mol. The van der Waals surface area contributed by atoms with Crippen molar-refractivity contribution in [2.24, 2.45) is 11.8 Å². The molecule has 1 fully saturated rings. The largest absolute Gasteiger partial charge is 0.0770 e. The van der Waals surface area contributed by atoms with E-state index in [1.165, 1.54) is 57.8 Å². The van der Waals surface area contributed by atoms with Crippen LogP contribution >= 0.6 is 0 Å². The first-order valence-corrected chi connectivity index (χ1v) is 7.78. The third-order valence-electron chi connectivity index (χ3n) is 4.49. The van der Waals surface area contributed by atoms with Crippen molar-refractivity contribution in [3.63, 3.8) is 0 Å². The molecule has 0 aliphatic heterocycles. The summed E-state index contributed by atoms with van der Waals surface area (Å²) in [6.07, 6.45) is 17.6. The van der Waals surface area contributed by atoms with E-state index in [1.54, 1.807) is 11.1 Å². The van der Waals surface area contributed by atoms with Crippen LogP contribution in [0.25, 0.3) is 0 Å². The van der Waals surface area contributed by atoms with Gasteiger partial charge < -0.3 is 0 Å². The molecule has 0 heteroatoms. The Balaban J connectivity index is 2.11. The minimum Gasteiger partial charge on any atom is -0.0770 e. The Morgan fingerprint density at radius 2 is 1.82 bits per heavy atom. The average Bonchev–Trinajstić information content (AvgIpc) is 2.75. The lowest BCUT2D eigenvalue weighted by Gasteiger charge is -2.25. The molecule has 1 atom stereocenters. The van der Waals surface area contributed by atoms with Gasteiger partial charge in [0.1, 0.15) is 0 Å². The van der Waals surface area contributed by atoms with Crippen molar-refractivity contribution in [1.82, 2.24) is 0 Å². The van der Waals surface area contributed by atoms with E-state index in [0.717, 1.165) is 11.8 Å². The van der Waals surface area contributed by atoms with Crippen molar-refractivity contribution in [3.8, 4) is 0 Å². The Bertz CT molecular complexity index is 289. The minimum absolute atomic E-state index is 0.789. The van der Waals surface area contributed by atoms with E-state index in [1.807, 2.05) is 0 Å². The predicted octanol–water partition coefficient (Wildman–Crippen LogP) is 5.65. The summed E-state index contributed by atoms with van der Waals surface area (Å²) in [4.78, 5) is 0. The summed E-state index contributed by atoms with van der Waals surface area (Å²) in [5.41, 5.74) is 3.56. The molecule has 0 aromatic rings. The normalized spacial score (nSPS) is 25.9. The highest BCUT2D eigenvalue weighted by Crippen LogP contribution is 2.40. The Morgan fingerprint density at radius 1 is 1.06 bits per heavy atom. The molecule has 0 amide bonds. The molecular formula is C17H28. The van der Waals surface area contributed by atoms with Crippen molar-refractivity contribution < 1.29 is 0 Å². The molecule has 0 N–H and O–H groups in total. The Kier molecular flexibility index (Phi) is 4.88. The highest BCUT2D eigenvalue weighted by Gasteiger charge is 2.25. The highest BCUT2D eigenvalue weighted by molar-refractivity contribution is 5.38. The summed E-state index contributed by atoms with van der Waals surface area (Å²) in [6, 6.07) is 0. The Morgan fingerprint density at radius 3 is 2.47 bits per heavy atom. The van der Waals surface area contributed by atoms with E-state index in [2.05, 4.69) is 26.0 Å². The zero-order chi connectivity index (χ0) is 12.1. The fraction of sp³-hybridized carbons (Fsp3) is 0.765. The van der Waals surface area contributed by atoms with E-state index in [4.69, 9.17) is 0 Å². The van der Waals surface area contributed by atoms with E-state index in [9.17, 15) is 0 Å². The monoisotopic (exact) mass is 232 g/mol.